The van der Waals surface area contributed by atoms with Crippen molar-refractivity contribution in [3.63, 3.8) is 0 Å². The highest BCUT2D eigenvalue weighted by atomic mass is 16.5. The van der Waals surface area contributed by atoms with Crippen LogP contribution in [0.1, 0.15) is 30.6 Å². The molecule has 0 saturated carbocycles. The van der Waals surface area contributed by atoms with Crippen LogP contribution in [-0.4, -0.2) is 31.7 Å². The second-order valence-corrected chi connectivity index (χ2v) is 7.20. The number of hydrogen-bond acceptors (Lipinski definition) is 5. The van der Waals surface area contributed by atoms with Crippen molar-refractivity contribution in [2.24, 2.45) is 5.92 Å². The zero-order chi connectivity index (χ0) is 20.8. The highest BCUT2D eigenvalue weighted by molar-refractivity contribution is 6.07. The summed E-state index contributed by atoms with van der Waals surface area (Å²) in [6.07, 6.45) is 0.933. The van der Waals surface area contributed by atoms with Gasteiger partial charge in [-0.05, 0) is 36.6 Å². The van der Waals surface area contributed by atoms with Gasteiger partial charge in [-0.15, -0.1) is 0 Å². The summed E-state index contributed by atoms with van der Waals surface area (Å²) in [5.74, 6) is 2.32. The zero-order valence-electron chi connectivity index (χ0n) is 17.3. The highest BCUT2D eigenvalue weighted by Gasteiger charge is 2.14. The standard InChI is InChI=1S/C23H27N3O3/c1-15(2)11-12-24-23(27)18-14-22(25-19-8-6-5-7-17(18)19)26-20-10-9-16(28-3)13-21(20)29-4/h5-10,13-15H,11-12H2,1-4H3,(H,24,27)(H,25,26). The van der Waals surface area contributed by atoms with Crippen LogP contribution in [0.5, 0.6) is 11.5 Å². The van der Waals surface area contributed by atoms with Crippen molar-refractivity contribution >= 4 is 28.3 Å². The Kier molecular flexibility index (Phi) is 6.54. The van der Waals surface area contributed by atoms with Gasteiger partial charge in [-0.3, -0.25) is 4.79 Å². The van der Waals surface area contributed by atoms with Gasteiger partial charge in [-0.25, -0.2) is 4.98 Å². The zero-order valence-corrected chi connectivity index (χ0v) is 17.3. The normalized spacial score (nSPS) is 10.8. The third-order valence-corrected chi connectivity index (χ3v) is 4.64. The van der Waals surface area contributed by atoms with Crippen LogP contribution in [0, 0.1) is 5.92 Å². The minimum Gasteiger partial charge on any atom is -0.497 e. The maximum atomic E-state index is 12.8. The van der Waals surface area contributed by atoms with Gasteiger partial charge in [-0.1, -0.05) is 32.0 Å². The number of nitrogens with one attached hydrogen (secondary N) is 2. The van der Waals surface area contributed by atoms with E-state index in [1.54, 1.807) is 26.4 Å². The van der Waals surface area contributed by atoms with Crippen molar-refractivity contribution in [3.8, 4) is 11.5 Å². The van der Waals surface area contributed by atoms with E-state index in [1.165, 1.54) is 0 Å². The Hall–Kier alpha value is -3.28. The molecule has 3 aromatic rings. The number of para-hydroxylation sites is 1. The molecule has 1 heterocycles. The smallest absolute Gasteiger partial charge is 0.252 e. The molecule has 0 bridgehead atoms. The molecule has 1 aromatic heterocycles. The fourth-order valence-electron chi connectivity index (χ4n) is 3.04. The number of amides is 1. The van der Waals surface area contributed by atoms with Crippen LogP contribution < -0.4 is 20.1 Å². The van der Waals surface area contributed by atoms with Gasteiger partial charge in [-0.2, -0.15) is 0 Å². The number of carbonyl (C=O) groups is 1. The molecule has 0 radical (unpaired) electrons. The topological polar surface area (TPSA) is 72.5 Å². The van der Waals surface area contributed by atoms with Crippen LogP contribution in [0.2, 0.25) is 0 Å². The third-order valence-electron chi connectivity index (χ3n) is 4.64. The number of nitrogens with zero attached hydrogens (tertiary/aromatic N) is 1. The van der Waals surface area contributed by atoms with Crippen molar-refractivity contribution in [2.45, 2.75) is 20.3 Å². The quantitative estimate of drug-likeness (QED) is 0.577. The fourth-order valence-corrected chi connectivity index (χ4v) is 3.04. The first-order chi connectivity index (χ1) is 14.0. The number of benzene rings is 2. The summed E-state index contributed by atoms with van der Waals surface area (Å²) < 4.78 is 10.7. The fraction of sp³-hybridized carbons (Fsp3) is 0.304. The number of fused-ring (bicyclic) bond motifs is 1. The molecule has 6 heteroatoms. The van der Waals surface area contributed by atoms with Crippen molar-refractivity contribution in [2.75, 3.05) is 26.1 Å². The Morgan fingerprint density at radius 3 is 2.59 bits per heavy atom. The second-order valence-electron chi connectivity index (χ2n) is 7.20. The van der Waals surface area contributed by atoms with E-state index in [2.05, 4.69) is 29.5 Å². The molecule has 2 N–H and O–H groups in total. The van der Waals surface area contributed by atoms with Crippen LogP contribution in [0.4, 0.5) is 11.5 Å². The molecule has 6 nitrogen and oxygen atoms in total. The summed E-state index contributed by atoms with van der Waals surface area (Å²) in [5.41, 5.74) is 2.08. The number of carbonyl (C=O) groups excluding carboxylic acids is 1. The molecular weight excluding hydrogens is 366 g/mol. The predicted octanol–water partition coefficient (Wildman–Crippen LogP) is 4.77. The van der Waals surface area contributed by atoms with E-state index in [0.717, 1.165) is 23.0 Å². The number of anilines is 2. The number of methoxy groups -OCH3 is 2. The summed E-state index contributed by atoms with van der Waals surface area (Å²) in [5, 5.41) is 7.10. The molecule has 0 aliphatic heterocycles. The molecule has 0 saturated heterocycles. The predicted molar refractivity (Wildman–Crippen MR) is 116 cm³/mol. The molecule has 1 amide bonds. The number of ether oxygens (including phenoxy) is 2. The number of hydrogen-bond donors (Lipinski definition) is 2. The lowest BCUT2D eigenvalue weighted by Crippen LogP contribution is -2.25. The van der Waals surface area contributed by atoms with Crippen LogP contribution >= 0.6 is 0 Å². The lowest BCUT2D eigenvalue weighted by molar-refractivity contribution is 0.0953. The molecular formula is C23H27N3O3. The Balaban J connectivity index is 1.94. The van der Waals surface area contributed by atoms with Gasteiger partial charge in [0.2, 0.25) is 0 Å². The lowest BCUT2D eigenvalue weighted by atomic mass is 10.1. The van der Waals surface area contributed by atoms with Crippen LogP contribution in [0.3, 0.4) is 0 Å². The SMILES string of the molecule is COc1ccc(Nc2cc(C(=O)NCCC(C)C)c3ccccc3n2)c(OC)c1. The Morgan fingerprint density at radius 1 is 1.07 bits per heavy atom. The van der Waals surface area contributed by atoms with E-state index in [1.807, 2.05) is 36.4 Å². The molecule has 0 fully saturated rings. The van der Waals surface area contributed by atoms with E-state index in [-0.39, 0.29) is 5.91 Å². The summed E-state index contributed by atoms with van der Waals surface area (Å²) >= 11 is 0. The molecule has 0 aliphatic carbocycles. The monoisotopic (exact) mass is 393 g/mol. The van der Waals surface area contributed by atoms with Gasteiger partial charge in [0, 0.05) is 18.0 Å². The van der Waals surface area contributed by atoms with Crippen molar-refractivity contribution in [1.82, 2.24) is 10.3 Å². The van der Waals surface area contributed by atoms with Gasteiger partial charge >= 0.3 is 0 Å². The van der Waals surface area contributed by atoms with E-state index >= 15 is 0 Å². The summed E-state index contributed by atoms with van der Waals surface area (Å²) in [6.45, 7) is 4.92. The Labute approximate surface area is 171 Å². The molecule has 0 aliphatic rings. The Bertz CT molecular complexity index is 1000. The van der Waals surface area contributed by atoms with Crippen LogP contribution in [0.15, 0.2) is 48.5 Å². The average molecular weight is 393 g/mol. The molecule has 0 atom stereocenters. The maximum absolute atomic E-state index is 12.8. The van der Waals surface area contributed by atoms with Crippen LogP contribution in [-0.2, 0) is 0 Å². The summed E-state index contributed by atoms with van der Waals surface area (Å²) in [6, 6.07) is 14.9. The molecule has 0 spiro atoms. The van der Waals surface area contributed by atoms with E-state index < -0.39 is 0 Å². The third kappa shape index (κ3) is 4.96. The van der Waals surface area contributed by atoms with E-state index in [4.69, 9.17) is 9.47 Å². The van der Waals surface area contributed by atoms with Gasteiger partial charge in [0.15, 0.2) is 0 Å². The van der Waals surface area contributed by atoms with E-state index in [9.17, 15) is 4.79 Å². The summed E-state index contributed by atoms with van der Waals surface area (Å²) in [7, 11) is 3.21. The summed E-state index contributed by atoms with van der Waals surface area (Å²) in [4.78, 5) is 17.5. The number of rotatable bonds is 8. The highest BCUT2D eigenvalue weighted by Crippen LogP contribution is 2.32. The van der Waals surface area contributed by atoms with Gasteiger partial charge < -0.3 is 20.1 Å². The Morgan fingerprint density at radius 2 is 1.86 bits per heavy atom. The molecule has 3 rings (SSSR count). The van der Waals surface area contributed by atoms with Gasteiger partial charge in [0.05, 0.1) is 31.0 Å². The minimum atomic E-state index is -0.103. The molecule has 0 unspecified atom stereocenters. The van der Waals surface area contributed by atoms with Crippen molar-refractivity contribution in [3.05, 3.63) is 54.1 Å². The first-order valence-electron chi connectivity index (χ1n) is 9.69. The van der Waals surface area contributed by atoms with Gasteiger partial charge in [0.25, 0.3) is 5.91 Å². The molecule has 29 heavy (non-hydrogen) atoms. The first kappa shape index (κ1) is 20.5. The van der Waals surface area contributed by atoms with Crippen molar-refractivity contribution < 1.29 is 14.3 Å². The number of pyridine rings is 1. The largest absolute Gasteiger partial charge is 0.497 e. The molecule has 2 aromatic carbocycles. The van der Waals surface area contributed by atoms with E-state index in [0.29, 0.717) is 35.3 Å². The lowest BCUT2D eigenvalue weighted by Gasteiger charge is -2.14. The van der Waals surface area contributed by atoms with Crippen LogP contribution in [0.25, 0.3) is 10.9 Å². The average Bonchev–Trinajstić information content (AvgIpc) is 2.73. The number of aromatic nitrogens is 1. The minimum absolute atomic E-state index is 0.103. The van der Waals surface area contributed by atoms with Gasteiger partial charge in [0.1, 0.15) is 17.3 Å². The maximum Gasteiger partial charge on any atom is 0.252 e. The van der Waals surface area contributed by atoms with Crippen molar-refractivity contribution in [1.29, 1.82) is 0 Å². The molecule has 152 valence electrons. The first-order valence-corrected chi connectivity index (χ1v) is 9.69. The second kappa shape index (κ2) is 9.28.